The Hall–Kier alpha value is -1.56. The van der Waals surface area contributed by atoms with Crippen molar-refractivity contribution >= 4 is 38.9 Å². The number of amides is 1. The molecule has 7 heteroatoms. The topological polar surface area (TPSA) is 54.5 Å². The van der Waals surface area contributed by atoms with E-state index in [1.807, 2.05) is 24.3 Å². The number of hydrogen-bond acceptors (Lipinski definition) is 3. The highest BCUT2D eigenvalue weighted by Gasteiger charge is 2.35. The van der Waals surface area contributed by atoms with Gasteiger partial charge in [-0.1, -0.05) is 54.4 Å². The molecular weight excluding hydrogens is 405 g/mol. The lowest BCUT2D eigenvalue weighted by molar-refractivity contribution is 0.0681. The van der Waals surface area contributed by atoms with Crippen LogP contribution in [0.2, 0.25) is 10.0 Å². The molecule has 0 spiro atoms. The molecule has 0 aromatic heterocycles. The summed E-state index contributed by atoms with van der Waals surface area (Å²) in [5, 5.41) is 0.710. The maximum absolute atomic E-state index is 13.2. The SMILES string of the molecule is CCc1ccc(CN(C(=O)c2ccc(Cl)cc2Cl)C2CCS(=O)(=O)C2)cc1. The number of sulfone groups is 1. The summed E-state index contributed by atoms with van der Waals surface area (Å²) in [6, 6.07) is 12.4. The number of nitrogens with zero attached hydrogens (tertiary/aromatic N) is 1. The molecule has 2 aromatic carbocycles. The molecule has 4 nitrogen and oxygen atoms in total. The minimum Gasteiger partial charge on any atom is -0.330 e. The molecule has 1 aliphatic heterocycles. The second-order valence-corrected chi connectivity index (χ2v) is 9.86. The van der Waals surface area contributed by atoms with E-state index in [0.717, 1.165) is 12.0 Å². The summed E-state index contributed by atoms with van der Waals surface area (Å²) >= 11 is 12.2. The predicted octanol–water partition coefficient (Wildman–Crippen LogP) is 4.39. The van der Waals surface area contributed by atoms with Crippen molar-refractivity contribution in [3.05, 3.63) is 69.2 Å². The number of carbonyl (C=O) groups excluding carboxylic acids is 1. The lowest BCUT2D eigenvalue weighted by Gasteiger charge is -2.29. The standard InChI is InChI=1S/C20H21Cl2NO3S/c1-2-14-3-5-15(6-4-14)12-23(17-9-10-27(25,26)13-17)20(24)18-8-7-16(21)11-19(18)22/h3-8,11,17H,2,9-10,12-13H2,1H3. The van der Waals surface area contributed by atoms with E-state index in [9.17, 15) is 13.2 Å². The molecule has 1 atom stereocenters. The summed E-state index contributed by atoms with van der Waals surface area (Å²) in [7, 11) is -3.12. The van der Waals surface area contributed by atoms with Gasteiger partial charge in [0.2, 0.25) is 0 Å². The van der Waals surface area contributed by atoms with Crippen molar-refractivity contribution in [2.24, 2.45) is 0 Å². The van der Waals surface area contributed by atoms with Crippen molar-refractivity contribution in [1.29, 1.82) is 0 Å². The average molecular weight is 426 g/mol. The van der Waals surface area contributed by atoms with Gasteiger partial charge in [0.05, 0.1) is 22.1 Å². The molecule has 0 aliphatic carbocycles. The average Bonchev–Trinajstić information content (AvgIpc) is 2.99. The van der Waals surface area contributed by atoms with Crippen molar-refractivity contribution in [3.8, 4) is 0 Å². The van der Waals surface area contributed by atoms with E-state index in [1.54, 1.807) is 17.0 Å². The van der Waals surface area contributed by atoms with Gasteiger partial charge in [-0.3, -0.25) is 4.79 Å². The van der Waals surface area contributed by atoms with Gasteiger partial charge in [0.1, 0.15) is 0 Å². The first-order chi connectivity index (χ1) is 12.8. The van der Waals surface area contributed by atoms with Crippen LogP contribution >= 0.6 is 23.2 Å². The molecule has 3 rings (SSSR count). The van der Waals surface area contributed by atoms with Gasteiger partial charge in [-0.05, 0) is 42.2 Å². The van der Waals surface area contributed by atoms with Gasteiger partial charge < -0.3 is 4.90 Å². The second-order valence-electron chi connectivity index (χ2n) is 6.78. The van der Waals surface area contributed by atoms with Gasteiger partial charge in [-0.2, -0.15) is 0 Å². The molecule has 1 aliphatic rings. The normalized spacial score (nSPS) is 18.4. The van der Waals surface area contributed by atoms with Crippen LogP contribution < -0.4 is 0 Å². The Balaban J connectivity index is 1.92. The first-order valence-electron chi connectivity index (χ1n) is 8.83. The summed E-state index contributed by atoms with van der Waals surface area (Å²) in [4.78, 5) is 14.8. The summed E-state index contributed by atoms with van der Waals surface area (Å²) in [6.07, 6.45) is 1.37. The molecule has 0 saturated carbocycles. The lowest BCUT2D eigenvalue weighted by atomic mass is 10.1. The first-order valence-corrected chi connectivity index (χ1v) is 11.4. The highest BCUT2D eigenvalue weighted by Crippen LogP contribution is 2.27. The van der Waals surface area contributed by atoms with Gasteiger partial charge >= 0.3 is 0 Å². The minimum absolute atomic E-state index is 0.0169. The van der Waals surface area contributed by atoms with E-state index < -0.39 is 9.84 Å². The van der Waals surface area contributed by atoms with Gasteiger partial charge in [0.15, 0.2) is 9.84 Å². The Morgan fingerprint density at radius 1 is 1.11 bits per heavy atom. The van der Waals surface area contributed by atoms with Gasteiger partial charge in [0, 0.05) is 17.6 Å². The summed E-state index contributed by atoms with van der Waals surface area (Å²) in [5.74, 6) is -0.194. The number of rotatable bonds is 5. The molecule has 1 fully saturated rings. The smallest absolute Gasteiger partial charge is 0.255 e. The van der Waals surface area contributed by atoms with Crippen LogP contribution in [0.25, 0.3) is 0 Å². The fraction of sp³-hybridized carbons (Fsp3) is 0.350. The largest absolute Gasteiger partial charge is 0.330 e. The Bertz CT molecular complexity index is 942. The van der Waals surface area contributed by atoms with Crippen molar-refractivity contribution in [3.63, 3.8) is 0 Å². The van der Waals surface area contributed by atoms with Gasteiger partial charge in [0.25, 0.3) is 5.91 Å². The number of aryl methyl sites for hydroxylation is 1. The zero-order valence-electron chi connectivity index (χ0n) is 15.0. The Kier molecular flexibility index (Phi) is 6.14. The lowest BCUT2D eigenvalue weighted by Crippen LogP contribution is -2.40. The Morgan fingerprint density at radius 2 is 1.78 bits per heavy atom. The molecule has 0 bridgehead atoms. The summed E-state index contributed by atoms with van der Waals surface area (Å²) < 4.78 is 23.9. The summed E-state index contributed by atoms with van der Waals surface area (Å²) in [6.45, 7) is 2.42. The fourth-order valence-electron chi connectivity index (χ4n) is 3.28. The number of hydrogen-bond donors (Lipinski definition) is 0. The highest BCUT2D eigenvalue weighted by molar-refractivity contribution is 7.91. The van der Waals surface area contributed by atoms with Crippen LogP contribution in [0.5, 0.6) is 0 Å². The third kappa shape index (κ3) is 4.84. The van der Waals surface area contributed by atoms with E-state index in [-0.39, 0.29) is 28.5 Å². The van der Waals surface area contributed by atoms with Crippen LogP contribution in [-0.4, -0.2) is 36.8 Å². The maximum Gasteiger partial charge on any atom is 0.255 e. The van der Waals surface area contributed by atoms with Gasteiger partial charge in [-0.15, -0.1) is 0 Å². The zero-order chi connectivity index (χ0) is 19.6. The molecule has 1 amide bonds. The van der Waals surface area contributed by atoms with Crippen molar-refractivity contribution in [1.82, 2.24) is 4.90 Å². The highest BCUT2D eigenvalue weighted by atomic mass is 35.5. The molecule has 144 valence electrons. The van der Waals surface area contributed by atoms with Crippen LogP contribution in [0.15, 0.2) is 42.5 Å². The number of halogens is 2. The molecule has 1 heterocycles. The Labute approximate surface area is 170 Å². The van der Waals surface area contributed by atoms with E-state index in [4.69, 9.17) is 23.2 Å². The monoisotopic (exact) mass is 425 g/mol. The van der Waals surface area contributed by atoms with Crippen LogP contribution in [0.1, 0.15) is 34.8 Å². The molecule has 1 unspecified atom stereocenters. The quantitative estimate of drug-likeness (QED) is 0.713. The van der Waals surface area contributed by atoms with E-state index >= 15 is 0 Å². The maximum atomic E-state index is 13.2. The van der Waals surface area contributed by atoms with Crippen LogP contribution in [0, 0.1) is 0 Å². The third-order valence-electron chi connectivity index (χ3n) is 4.86. The van der Waals surface area contributed by atoms with Crippen LogP contribution in [-0.2, 0) is 22.8 Å². The fourth-order valence-corrected chi connectivity index (χ4v) is 5.50. The van der Waals surface area contributed by atoms with E-state index in [2.05, 4.69) is 6.92 Å². The minimum atomic E-state index is -3.12. The van der Waals surface area contributed by atoms with E-state index in [1.165, 1.54) is 11.6 Å². The third-order valence-corrected chi connectivity index (χ3v) is 7.15. The Morgan fingerprint density at radius 3 is 2.33 bits per heavy atom. The van der Waals surface area contributed by atoms with Crippen molar-refractivity contribution < 1.29 is 13.2 Å². The molecule has 1 saturated heterocycles. The molecule has 0 radical (unpaired) electrons. The first kappa shape index (κ1) is 20.2. The number of carbonyl (C=O) groups is 1. The predicted molar refractivity (Wildman–Crippen MR) is 109 cm³/mol. The van der Waals surface area contributed by atoms with Crippen LogP contribution in [0.3, 0.4) is 0 Å². The summed E-state index contributed by atoms with van der Waals surface area (Å²) in [5.41, 5.74) is 2.49. The molecule has 2 aromatic rings. The molecular formula is C20H21Cl2NO3S. The molecule has 27 heavy (non-hydrogen) atoms. The van der Waals surface area contributed by atoms with Crippen molar-refractivity contribution in [2.45, 2.75) is 32.4 Å². The van der Waals surface area contributed by atoms with E-state index in [0.29, 0.717) is 23.6 Å². The van der Waals surface area contributed by atoms with Crippen LogP contribution in [0.4, 0.5) is 0 Å². The second kappa shape index (κ2) is 8.21. The van der Waals surface area contributed by atoms with Gasteiger partial charge in [-0.25, -0.2) is 8.42 Å². The number of benzene rings is 2. The van der Waals surface area contributed by atoms with Crippen molar-refractivity contribution in [2.75, 3.05) is 11.5 Å². The molecule has 0 N–H and O–H groups in total. The zero-order valence-corrected chi connectivity index (χ0v) is 17.3.